The third-order valence-electron chi connectivity index (χ3n) is 5.23. The molecule has 1 aliphatic heterocycles. The summed E-state index contributed by atoms with van der Waals surface area (Å²) in [4.78, 5) is 4.90. The van der Waals surface area contributed by atoms with Crippen molar-refractivity contribution in [2.45, 2.75) is 31.6 Å². The number of piperidine rings is 1. The Kier molecular flexibility index (Phi) is 4.63. The molecule has 3 rings (SSSR count). The summed E-state index contributed by atoms with van der Waals surface area (Å²) >= 11 is 0. The van der Waals surface area contributed by atoms with Gasteiger partial charge in [-0.2, -0.15) is 0 Å². The van der Waals surface area contributed by atoms with Gasteiger partial charge < -0.3 is 14.5 Å². The maximum atomic E-state index is 6.41. The normalized spacial score (nSPS) is 33.3. The van der Waals surface area contributed by atoms with Crippen LogP contribution >= 0.6 is 0 Å². The fraction of sp³-hybridized carbons (Fsp3) is 0.667. The van der Waals surface area contributed by atoms with Crippen molar-refractivity contribution in [2.24, 2.45) is 11.8 Å². The Labute approximate surface area is 128 Å². The summed E-state index contributed by atoms with van der Waals surface area (Å²) in [6.45, 7) is 3.11. The van der Waals surface area contributed by atoms with Gasteiger partial charge in [0.25, 0.3) is 0 Å². The van der Waals surface area contributed by atoms with E-state index in [1.165, 1.54) is 31.5 Å². The number of hydrogen-bond donors (Lipinski definition) is 0. The fourth-order valence-corrected chi connectivity index (χ4v) is 4.25. The van der Waals surface area contributed by atoms with E-state index in [0.717, 1.165) is 6.61 Å². The molecule has 1 aromatic rings. The maximum Gasteiger partial charge on any atom is 0.0720 e. The van der Waals surface area contributed by atoms with Gasteiger partial charge in [-0.05, 0) is 45.5 Å². The number of benzene rings is 1. The Morgan fingerprint density at radius 3 is 2.62 bits per heavy atom. The van der Waals surface area contributed by atoms with Crippen LogP contribution in [0.25, 0.3) is 0 Å². The van der Waals surface area contributed by atoms with Crippen LogP contribution in [0.3, 0.4) is 0 Å². The zero-order valence-corrected chi connectivity index (χ0v) is 13.5. The van der Waals surface area contributed by atoms with Crippen LogP contribution in [-0.2, 0) is 11.3 Å². The zero-order chi connectivity index (χ0) is 14.8. The Morgan fingerprint density at radius 2 is 1.90 bits per heavy atom. The number of nitrogens with zero attached hydrogens (tertiary/aromatic N) is 2. The molecule has 3 nitrogen and oxygen atoms in total. The number of hydrogen-bond acceptors (Lipinski definition) is 3. The Balaban J connectivity index is 1.70. The van der Waals surface area contributed by atoms with Gasteiger partial charge in [0.15, 0.2) is 0 Å². The molecule has 0 radical (unpaired) electrons. The lowest BCUT2D eigenvalue weighted by molar-refractivity contribution is -0.119. The van der Waals surface area contributed by atoms with Gasteiger partial charge in [0.05, 0.1) is 12.7 Å². The van der Waals surface area contributed by atoms with Gasteiger partial charge in [0.1, 0.15) is 0 Å². The number of likely N-dealkylation sites (tertiary alicyclic amines) is 1. The highest BCUT2D eigenvalue weighted by Gasteiger charge is 2.44. The predicted molar refractivity (Wildman–Crippen MR) is 86.2 cm³/mol. The van der Waals surface area contributed by atoms with Crippen molar-refractivity contribution in [1.29, 1.82) is 0 Å². The van der Waals surface area contributed by atoms with Crippen LogP contribution < -0.4 is 0 Å². The Bertz CT molecular complexity index is 448. The SMILES string of the molecule is CN1CC2CCC(N(C)C)C(C1)C2OCc1ccccc1. The molecule has 4 unspecified atom stereocenters. The van der Waals surface area contributed by atoms with E-state index in [0.29, 0.717) is 24.0 Å². The van der Waals surface area contributed by atoms with Gasteiger partial charge in [-0.1, -0.05) is 30.3 Å². The minimum absolute atomic E-state index is 0.419. The van der Waals surface area contributed by atoms with E-state index in [1.807, 2.05) is 0 Å². The fourth-order valence-electron chi connectivity index (χ4n) is 4.25. The van der Waals surface area contributed by atoms with E-state index in [2.05, 4.69) is 61.3 Å². The summed E-state index contributed by atoms with van der Waals surface area (Å²) in [7, 11) is 6.69. The third kappa shape index (κ3) is 3.31. The molecule has 21 heavy (non-hydrogen) atoms. The van der Waals surface area contributed by atoms with Crippen LogP contribution in [0.15, 0.2) is 30.3 Å². The van der Waals surface area contributed by atoms with Crippen LogP contribution in [0.2, 0.25) is 0 Å². The monoisotopic (exact) mass is 288 g/mol. The van der Waals surface area contributed by atoms with Crippen LogP contribution in [-0.4, -0.2) is 56.2 Å². The molecular weight excluding hydrogens is 260 g/mol. The largest absolute Gasteiger partial charge is 0.373 e. The van der Waals surface area contributed by atoms with Gasteiger partial charge in [-0.3, -0.25) is 0 Å². The van der Waals surface area contributed by atoms with Gasteiger partial charge >= 0.3 is 0 Å². The summed E-state index contributed by atoms with van der Waals surface area (Å²) in [5.74, 6) is 1.34. The van der Waals surface area contributed by atoms with Crippen molar-refractivity contribution in [3.05, 3.63) is 35.9 Å². The lowest BCUT2D eigenvalue weighted by Gasteiger charge is -2.51. The summed E-state index contributed by atoms with van der Waals surface area (Å²) < 4.78 is 6.41. The first-order valence-corrected chi connectivity index (χ1v) is 8.15. The van der Waals surface area contributed by atoms with Crippen molar-refractivity contribution < 1.29 is 4.74 Å². The number of ether oxygens (including phenoxy) is 1. The standard InChI is InChI=1S/C18H28N2O/c1-19(2)17-10-9-15-11-20(3)12-16(17)18(15)21-13-14-7-5-4-6-8-14/h4-8,15-18H,9-13H2,1-3H3. The van der Waals surface area contributed by atoms with Crippen LogP contribution in [0.4, 0.5) is 0 Å². The molecule has 4 atom stereocenters. The first-order chi connectivity index (χ1) is 10.1. The number of rotatable bonds is 4. The molecule has 2 aliphatic rings. The van der Waals surface area contributed by atoms with E-state index in [9.17, 15) is 0 Å². The van der Waals surface area contributed by atoms with E-state index < -0.39 is 0 Å². The first kappa shape index (κ1) is 15.0. The minimum Gasteiger partial charge on any atom is -0.373 e. The summed E-state index contributed by atoms with van der Waals surface area (Å²) in [5, 5.41) is 0. The average Bonchev–Trinajstić information content (AvgIpc) is 2.46. The van der Waals surface area contributed by atoms with E-state index in [-0.39, 0.29) is 0 Å². The highest BCUT2D eigenvalue weighted by atomic mass is 16.5. The minimum atomic E-state index is 0.419. The Hall–Kier alpha value is -0.900. The van der Waals surface area contributed by atoms with Crippen molar-refractivity contribution in [3.63, 3.8) is 0 Å². The smallest absolute Gasteiger partial charge is 0.0720 e. The van der Waals surface area contributed by atoms with E-state index in [1.54, 1.807) is 0 Å². The topological polar surface area (TPSA) is 15.7 Å². The van der Waals surface area contributed by atoms with Crippen molar-refractivity contribution in [3.8, 4) is 0 Å². The molecule has 0 N–H and O–H groups in total. The molecule has 3 heteroatoms. The molecule has 1 saturated carbocycles. The quantitative estimate of drug-likeness (QED) is 0.846. The second-order valence-corrected chi connectivity index (χ2v) is 7.01. The van der Waals surface area contributed by atoms with Gasteiger partial charge in [-0.25, -0.2) is 0 Å². The Morgan fingerprint density at radius 1 is 1.14 bits per heavy atom. The van der Waals surface area contributed by atoms with Crippen molar-refractivity contribution >= 4 is 0 Å². The second kappa shape index (κ2) is 6.47. The second-order valence-electron chi connectivity index (χ2n) is 7.01. The highest BCUT2D eigenvalue weighted by Crippen LogP contribution is 2.38. The summed E-state index contributed by atoms with van der Waals surface area (Å²) in [6.07, 6.45) is 3.03. The predicted octanol–water partition coefficient (Wildman–Crippen LogP) is 2.47. The highest BCUT2D eigenvalue weighted by molar-refractivity contribution is 5.13. The summed E-state index contributed by atoms with van der Waals surface area (Å²) in [6, 6.07) is 11.2. The molecule has 1 aromatic carbocycles. The van der Waals surface area contributed by atoms with E-state index in [4.69, 9.17) is 4.74 Å². The number of fused-ring (bicyclic) bond motifs is 2. The molecule has 1 heterocycles. The van der Waals surface area contributed by atoms with Crippen LogP contribution in [0.5, 0.6) is 0 Å². The molecule has 1 saturated heterocycles. The molecule has 1 aliphatic carbocycles. The van der Waals surface area contributed by atoms with Crippen molar-refractivity contribution in [2.75, 3.05) is 34.2 Å². The molecule has 2 fully saturated rings. The molecule has 116 valence electrons. The lowest BCUT2D eigenvalue weighted by atomic mass is 9.72. The molecule has 0 aromatic heterocycles. The molecule has 0 spiro atoms. The molecular formula is C18H28N2O. The van der Waals surface area contributed by atoms with Gasteiger partial charge in [0.2, 0.25) is 0 Å². The molecule has 2 bridgehead atoms. The van der Waals surface area contributed by atoms with Gasteiger partial charge in [-0.15, -0.1) is 0 Å². The third-order valence-corrected chi connectivity index (χ3v) is 5.23. The first-order valence-electron chi connectivity index (χ1n) is 8.15. The average molecular weight is 288 g/mol. The van der Waals surface area contributed by atoms with Crippen LogP contribution in [0.1, 0.15) is 18.4 Å². The zero-order valence-electron chi connectivity index (χ0n) is 13.5. The van der Waals surface area contributed by atoms with Crippen LogP contribution in [0, 0.1) is 11.8 Å². The lowest BCUT2D eigenvalue weighted by Crippen LogP contribution is -2.59. The molecule has 0 amide bonds. The maximum absolute atomic E-state index is 6.41. The van der Waals surface area contributed by atoms with Gasteiger partial charge in [0, 0.05) is 25.0 Å². The van der Waals surface area contributed by atoms with E-state index >= 15 is 0 Å². The van der Waals surface area contributed by atoms with Crippen molar-refractivity contribution in [1.82, 2.24) is 9.80 Å². The summed E-state index contributed by atoms with van der Waals surface area (Å²) in [5.41, 5.74) is 1.29.